The summed E-state index contributed by atoms with van der Waals surface area (Å²) >= 11 is 6.26. The van der Waals surface area contributed by atoms with Crippen LogP contribution in [0.3, 0.4) is 0 Å². The van der Waals surface area contributed by atoms with Crippen LogP contribution in [0.4, 0.5) is 0 Å². The lowest BCUT2D eigenvalue weighted by Gasteiger charge is -2.16. The van der Waals surface area contributed by atoms with Crippen molar-refractivity contribution in [2.24, 2.45) is 0 Å². The predicted octanol–water partition coefficient (Wildman–Crippen LogP) is 3.59. The van der Waals surface area contributed by atoms with Crippen LogP contribution < -0.4 is 10.1 Å². The van der Waals surface area contributed by atoms with Crippen LogP contribution in [0.15, 0.2) is 18.2 Å². The van der Waals surface area contributed by atoms with E-state index >= 15 is 0 Å². The molecule has 1 aromatic carbocycles. The Bertz CT molecular complexity index is 374. The molecule has 1 aromatic rings. The van der Waals surface area contributed by atoms with Crippen molar-refractivity contribution in [1.82, 2.24) is 5.32 Å². The van der Waals surface area contributed by atoms with Gasteiger partial charge in [-0.15, -0.1) is 0 Å². The molecule has 0 radical (unpaired) electrons. The van der Waals surface area contributed by atoms with Gasteiger partial charge in [-0.25, -0.2) is 0 Å². The van der Waals surface area contributed by atoms with Crippen LogP contribution >= 0.6 is 11.6 Å². The molecule has 17 heavy (non-hydrogen) atoms. The first-order chi connectivity index (χ1) is 8.20. The Morgan fingerprint density at radius 3 is 2.94 bits per heavy atom. The second-order valence-electron chi connectivity index (χ2n) is 4.73. The van der Waals surface area contributed by atoms with Crippen LogP contribution in [0.25, 0.3) is 0 Å². The lowest BCUT2D eigenvalue weighted by atomic mass is 9.99. The van der Waals surface area contributed by atoms with Crippen molar-refractivity contribution >= 4 is 11.6 Å². The number of hydrogen-bond donors (Lipinski definition) is 1. The summed E-state index contributed by atoms with van der Waals surface area (Å²) in [5, 5.41) is 4.01. The summed E-state index contributed by atoms with van der Waals surface area (Å²) in [6.45, 7) is 6.36. The van der Waals surface area contributed by atoms with E-state index < -0.39 is 0 Å². The fraction of sp³-hybridized carbons (Fsp3) is 0.571. The number of halogens is 1. The molecule has 2 atom stereocenters. The molecular formula is C14H20ClNO. The van der Waals surface area contributed by atoms with Crippen molar-refractivity contribution in [3.8, 4) is 5.75 Å². The van der Waals surface area contributed by atoms with Gasteiger partial charge in [0.25, 0.3) is 0 Å². The highest BCUT2D eigenvalue weighted by Crippen LogP contribution is 2.30. The molecule has 1 fully saturated rings. The summed E-state index contributed by atoms with van der Waals surface area (Å²) in [7, 11) is 0. The Kier molecular flexibility index (Phi) is 4.30. The maximum Gasteiger partial charge on any atom is 0.138 e. The lowest BCUT2D eigenvalue weighted by Crippen LogP contribution is -2.19. The van der Waals surface area contributed by atoms with Crippen molar-refractivity contribution in [1.29, 1.82) is 0 Å². The maximum atomic E-state index is 6.26. The van der Waals surface area contributed by atoms with E-state index in [9.17, 15) is 0 Å². The number of nitrogens with one attached hydrogen (secondary N) is 1. The zero-order valence-corrected chi connectivity index (χ0v) is 11.3. The van der Waals surface area contributed by atoms with Gasteiger partial charge >= 0.3 is 0 Å². The topological polar surface area (TPSA) is 21.3 Å². The molecule has 0 unspecified atom stereocenters. The number of benzene rings is 1. The Balaban J connectivity index is 2.08. The standard InChI is InChI=1S/C14H20ClNO/c1-3-10(2)11-4-5-14(13(15)8-11)17-12-6-7-16-9-12/h4-5,8,10,12,16H,3,6-7,9H2,1-2H3/t10-,12-/m1/s1. The van der Waals surface area contributed by atoms with E-state index in [2.05, 4.69) is 25.2 Å². The molecule has 1 aliphatic rings. The minimum Gasteiger partial charge on any atom is -0.487 e. The molecule has 0 aliphatic carbocycles. The summed E-state index contributed by atoms with van der Waals surface area (Å²) in [6.07, 6.45) is 2.45. The zero-order chi connectivity index (χ0) is 12.3. The first-order valence-corrected chi connectivity index (χ1v) is 6.75. The third-order valence-corrected chi connectivity index (χ3v) is 3.74. The van der Waals surface area contributed by atoms with Gasteiger partial charge in [0.05, 0.1) is 5.02 Å². The third kappa shape index (κ3) is 3.14. The molecule has 1 aliphatic heterocycles. The van der Waals surface area contributed by atoms with E-state index in [1.54, 1.807) is 0 Å². The highest BCUT2D eigenvalue weighted by Gasteiger charge is 2.17. The molecule has 1 heterocycles. The molecule has 94 valence electrons. The van der Waals surface area contributed by atoms with Crippen molar-refractivity contribution in [2.45, 2.75) is 38.7 Å². The second kappa shape index (κ2) is 5.74. The van der Waals surface area contributed by atoms with Gasteiger partial charge in [-0.3, -0.25) is 0 Å². The van der Waals surface area contributed by atoms with E-state index in [1.165, 1.54) is 5.56 Å². The van der Waals surface area contributed by atoms with Crippen molar-refractivity contribution < 1.29 is 4.74 Å². The molecule has 2 rings (SSSR count). The van der Waals surface area contributed by atoms with Gasteiger partial charge < -0.3 is 10.1 Å². The normalized spacial score (nSPS) is 21.5. The molecule has 1 N–H and O–H groups in total. The summed E-state index contributed by atoms with van der Waals surface area (Å²) < 4.78 is 5.88. The molecule has 0 amide bonds. The number of hydrogen-bond acceptors (Lipinski definition) is 2. The van der Waals surface area contributed by atoms with Gasteiger partial charge in [0, 0.05) is 6.54 Å². The summed E-state index contributed by atoms with van der Waals surface area (Å²) in [6, 6.07) is 6.16. The molecule has 3 heteroatoms. The van der Waals surface area contributed by atoms with E-state index in [4.69, 9.17) is 16.3 Å². The monoisotopic (exact) mass is 253 g/mol. The minimum absolute atomic E-state index is 0.266. The summed E-state index contributed by atoms with van der Waals surface area (Å²) in [5.41, 5.74) is 1.29. The molecule has 0 spiro atoms. The molecule has 0 saturated carbocycles. The van der Waals surface area contributed by atoms with Crippen LogP contribution in [-0.4, -0.2) is 19.2 Å². The SMILES string of the molecule is CC[C@@H](C)c1ccc(O[C@@H]2CCNC2)c(Cl)c1. The van der Waals surface area contributed by atoms with Crippen LogP contribution in [0, 0.1) is 0 Å². The molecule has 0 bridgehead atoms. The molecular weight excluding hydrogens is 234 g/mol. The van der Waals surface area contributed by atoms with Gasteiger partial charge in [-0.2, -0.15) is 0 Å². The van der Waals surface area contributed by atoms with Gasteiger partial charge in [0.15, 0.2) is 0 Å². The van der Waals surface area contributed by atoms with E-state index in [0.717, 1.165) is 36.7 Å². The van der Waals surface area contributed by atoms with Gasteiger partial charge in [-0.05, 0) is 43.0 Å². The zero-order valence-electron chi connectivity index (χ0n) is 10.5. The van der Waals surface area contributed by atoms with Crippen molar-refractivity contribution in [3.05, 3.63) is 28.8 Å². The first-order valence-electron chi connectivity index (χ1n) is 6.37. The van der Waals surface area contributed by atoms with Gasteiger partial charge in [-0.1, -0.05) is 31.5 Å². The van der Waals surface area contributed by atoms with Crippen LogP contribution in [-0.2, 0) is 0 Å². The fourth-order valence-electron chi connectivity index (χ4n) is 2.06. The molecule has 1 saturated heterocycles. The number of ether oxygens (including phenoxy) is 1. The van der Waals surface area contributed by atoms with Gasteiger partial charge in [0.2, 0.25) is 0 Å². The third-order valence-electron chi connectivity index (χ3n) is 3.45. The Morgan fingerprint density at radius 1 is 1.53 bits per heavy atom. The maximum absolute atomic E-state index is 6.26. The van der Waals surface area contributed by atoms with Crippen LogP contribution in [0.1, 0.15) is 38.2 Å². The quantitative estimate of drug-likeness (QED) is 0.885. The average Bonchev–Trinajstić information content (AvgIpc) is 2.83. The largest absolute Gasteiger partial charge is 0.487 e. The summed E-state index contributed by atoms with van der Waals surface area (Å²) in [5.74, 6) is 1.36. The fourth-order valence-corrected chi connectivity index (χ4v) is 2.30. The highest BCUT2D eigenvalue weighted by atomic mass is 35.5. The number of rotatable bonds is 4. The molecule has 0 aromatic heterocycles. The Labute approximate surface area is 108 Å². The second-order valence-corrected chi connectivity index (χ2v) is 5.14. The average molecular weight is 254 g/mol. The highest BCUT2D eigenvalue weighted by molar-refractivity contribution is 6.32. The van der Waals surface area contributed by atoms with Gasteiger partial charge in [0.1, 0.15) is 11.9 Å². The van der Waals surface area contributed by atoms with E-state index in [1.807, 2.05) is 12.1 Å². The van der Waals surface area contributed by atoms with Crippen molar-refractivity contribution in [2.75, 3.05) is 13.1 Å². The Morgan fingerprint density at radius 2 is 2.35 bits per heavy atom. The minimum atomic E-state index is 0.266. The lowest BCUT2D eigenvalue weighted by molar-refractivity contribution is 0.223. The van der Waals surface area contributed by atoms with Crippen LogP contribution in [0.2, 0.25) is 5.02 Å². The first kappa shape index (κ1) is 12.7. The van der Waals surface area contributed by atoms with Crippen LogP contribution in [0.5, 0.6) is 5.75 Å². The molecule has 2 nitrogen and oxygen atoms in total. The van der Waals surface area contributed by atoms with Crippen molar-refractivity contribution in [3.63, 3.8) is 0 Å². The van der Waals surface area contributed by atoms with E-state index in [0.29, 0.717) is 5.92 Å². The Hall–Kier alpha value is -0.730. The predicted molar refractivity (Wildman–Crippen MR) is 72.1 cm³/mol. The van der Waals surface area contributed by atoms with E-state index in [-0.39, 0.29) is 6.10 Å². The summed E-state index contributed by atoms with van der Waals surface area (Å²) in [4.78, 5) is 0. The smallest absolute Gasteiger partial charge is 0.138 e.